The van der Waals surface area contributed by atoms with E-state index in [9.17, 15) is 18.3 Å². The number of hydrogen-bond donors (Lipinski definition) is 2. The minimum Gasteiger partial charge on any atom is -0.508 e. The van der Waals surface area contributed by atoms with Crippen molar-refractivity contribution in [1.82, 2.24) is 0 Å². The summed E-state index contributed by atoms with van der Waals surface area (Å²) in [5.41, 5.74) is 0.639. The van der Waals surface area contributed by atoms with Crippen LogP contribution in [-0.2, 0) is 6.42 Å². The largest absolute Gasteiger partial charge is 0.508 e. The predicted molar refractivity (Wildman–Crippen MR) is 63.1 cm³/mol. The van der Waals surface area contributed by atoms with Gasteiger partial charge in [0.2, 0.25) is 0 Å². The van der Waals surface area contributed by atoms with Crippen molar-refractivity contribution in [2.75, 3.05) is 0 Å². The Bertz CT molecular complexity index is 559. The van der Waals surface area contributed by atoms with Crippen LogP contribution in [0.4, 0.5) is 13.2 Å². The lowest BCUT2D eigenvalue weighted by atomic mass is 10.0. The van der Waals surface area contributed by atoms with Gasteiger partial charge in [-0.15, -0.1) is 0 Å². The van der Waals surface area contributed by atoms with Crippen LogP contribution in [0.2, 0.25) is 0 Å². The van der Waals surface area contributed by atoms with Gasteiger partial charge < -0.3 is 10.2 Å². The first-order chi connectivity index (χ1) is 8.97. The van der Waals surface area contributed by atoms with Crippen LogP contribution >= 0.6 is 0 Å². The average Bonchev–Trinajstić information content (AvgIpc) is 2.38. The number of phenolic OH excluding ortho intramolecular Hbond substituents is 1. The van der Waals surface area contributed by atoms with Crippen LogP contribution in [0.3, 0.4) is 0 Å². The van der Waals surface area contributed by atoms with E-state index in [-0.39, 0.29) is 17.7 Å². The van der Waals surface area contributed by atoms with E-state index in [0.717, 1.165) is 12.1 Å². The lowest BCUT2D eigenvalue weighted by Gasteiger charge is -2.12. The van der Waals surface area contributed by atoms with Crippen molar-refractivity contribution in [1.29, 1.82) is 0 Å². The molecule has 0 saturated heterocycles. The highest BCUT2D eigenvalue weighted by Gasteiger charge is 2.16. The number of phenols is 1. The van der Waals surface area contributed by atoms with Crippen molar-refractivity contribution >= 4 is 0 Å². The third-order valence-electron chi connectivity index (χ3n) is 2.76. The van der Waals surface area contributed by atoms with E-state index < -0.39 is 23.6 Å². The van der Waals surface area contributed by atoms with Gasteiger partial charge in [-0.25, -0.2) is 13.2 Å². The fourth-order valence-electron chi connectivity index (χ4n) is 1.74. The van der Waals surface area contributed by atoms with Gasteiger partial charge in [0.15, 0.2) is 17.5 Å². The summed E-state index contributed by atoms with van der Waals surface area (Å²) in [5.74, 6) is -4.14. The molecule has 0 aromatic heterocycles. The number of aromatic hydroxyl groups is 1. The minimum absolute atomic E-state index is 0.0375. The van der Waals surface area contributed by atoms with E-state index in [1.165, 1.54) is 12.1 Å². The van der Waals surface area contributed by atoms with Gasteiger partial charge in [-0.1, -0.05) is 12.1 Å². The van der Waals surface area contributed by atoms with E-state index in [4.69, 9.17) is 5.11 Å². The third kappa shape index (κ3) is 3.06. The van der Waals surface area contributed by atoms with E-state index in [2.05, 4.69) is 0 Å². The zero-order valence-electron chi connectivity index (χ0n) is 9.78. The van der Waals surface area contributed by atoms with E-state index in [1.807, 2.05) is 0 Å². The van der Waals surface area contributed by atoms with Gasteiger partial charge in [0.1, 0.15) is 5.75 Å². The molecule has 0 amide bonds. The molecule has 0 fully saturated rings. The Morgan fingerprint density at radius 3 is 2.00 bits per heavy atom. The maximum absolute atomic E-state index is 13.0. The second kappa shape index (κ2) is 5.32. The summed E-state index contributed by atoms with van der Waals surface area (Å²) in [6.07, 6.45) is -1.06. The van der Waals surface area contributed by atoms with E-state index in [0.29, 0.717) is 5.56 Å². The summed E-state index contributed by atoms with van der Waals surface area (Å²) >= 11 is 0. The van der Waals surface area contributed by atoms with Gasteiger partial charge in [-0.2, -0.15) is 0 Å². The van der Waals surface area contributed by atoms with Crippen LogP contribution < -0.4 is 0 Å². The molecule has 2 aromatic rings. The molecule has 0 aliphatic carbocycles. The summed E-state index contributed by atoms with van der Waals surface area (Å²) in [4.78, 5) is 0. The number of halogens is 3. The summed E-state index contributed by atoms with van der Waals surface area (Å²) in [5, 5.41) is 19.0. The minimum atomic E-state index is -1.56. The number of rotatable bonds is 3. The SMILES string of the molecule is Oc1ccc(CC(O)c2cc(F)c(F)c(F)c2)cc1. The number of aliphatic hydroxyl groups excluding tert-OH is 1. The normalized spacial score (nSPS) is 12.4. The molecular formula is C14H11F3O2. The summed E-state index contributed by atoms with van der Waals surface area (Å²) in [7, 11) is 0. The van der Waals surface area contributed by atoms with Crippen molar-refractivity contribution in [3.63, 3.8) is 0 Å². The van der Waals surface area contributed by atoms with Crippen LogP contribution in [0.25, 0.3) is 0 Å². The molecule has 0 aliphatic heterocycles. The molecular weight excluding hydrogens is 257 g/mol. The van der Waals surface area contributed by atoms with Gasteiger partial charge in [0, 0.05) is 6.42 Å². The van der Waals surface area contributed by atoms with E-state index >= 15 is 0 Å². The van der Waals surface area contributed by atoms with Crippen molar-refractivity contribution < 1.29 is 23.4 Å². The van der Waals surface area contributed by atoms with Crippen molar-refractivity contribution in [2.24, 2.45) is 0 Å². The molecule has 19 heavy (non-hydrogen) atoms. The second-order valence-corrected chi connectivity index (χ2v) is 4.18. The molecule has 1 atom stereocenters. The summed E-state index contributed by atoms with van der Waals surface area (Å²) in [6.45, 7) is 0. The highest BCUT2D eigenvalue weighted by molar-refractivity contribution is 5.28. The number of hydrogen-bond acceptors (Lipinski definition) is 2. The lowest BCUT2D eigenvalue weighted by Crippen LogP contribution is -2.04. The summed E-state index contributed by atoms with van der Waals surface area (Å²) < 4.78 is 38.9. The first-order valence-corrected chi connectivity index (χ1v) is 5.58. The fraction of sp³-hybridized carbons (Fsp3) is 0.143. The fourth-order valence-corrected chi connectivity index (χ4v) is 1.74. The average molecular weight is 268 g/mol. The maximum Gasteiger partial charge on any atom is 0.194 e. The smallest absolute Gasteiger partial charge is 0.194 e. The van der Waals surface area contributed by atoms with Gasteiger partial charge >= 0.3 is 0 Å². The van der Waals surface area contributed by atoms with Crippen LogP contribution in [0, 0.1) is 17.5 Å². The standard InChI is InChI=1S/C14H11F3O2/c15-11-6-9(7-12(16)14(11)17)13(19)5-8-1-3-10(18)4-2-8/h1-4,6-7,13,18-19H,5H2. The highest BCUT2D eigenvalue weighted by atomic mass is 19.2. The second-order valence-electron chi connectivity index (χ2n) is 4.18. The van der Waals surface area contributed by atoms with Gasteiger partial charge in [0.05, 0.1) is 6.10 Å². The quantitative estimate of drug-likeness (QED) is 0.840. The molecule has 5 heteroatoms. The Morgan fingerprint density at radius 1 is 0.947 bits per heavy atom. The Kier molecular flexibility index (Phi) is 3.76. The zero-order chi connectivity index (χ0) is 14.0. The predicted octanol–water partition coefficient (Wildman–Crippen LogP) is 3.09. The number of aliphatic hydroxyl groups is 1. The molecule has 0 radical (unpaired) electrons. The Balaban J connectivity index is 2.20. The van der Waals surface area contributed by atoms with Crippen molar-refractivity contribution in [3.05, 3.63) is 65.0 Å². The molecule has 2 rings (SSSR count). The van der Waals surface area contributed by atoms with Crippen molar-refractivity contribution in [2.45, 2.75) is 12.5 Å². The van der Waals surface area contributed by atoms with Gasteiger partial charge in [-0.05, 0) is 35.4 Å². The molecule has 2 nitrogen and oxygen atoms in total. The lowest BCUT2D eigenvalue weighted by molar-refractivity contribution is 0.177. The zero-order valence-corrected chi connectivity index (χ0v) is 9.78. The molecule has 100 valence electrons. The number of benzene rings is 2. The molecule has 0 heterocycles. The molecule has 2 aromatic carbocycles. The Hall–Kier alpha value is -2.01. The monoisotopic (exact) mass is 268 g/mol. The van der Waals surface area contributed by atoms with Gasteiger partial charge in [0.25, 0.3) is 0 Å². The molecule has 0 aliphatic rings. The molecule has 0 bridgehead atoms. The van der Waals surface area contributed by atoms with Crippen LogP contribution in [0.5, 0.6) is 5.75 Å². The Morgan fingerprint density at radius 2 is 1.47 bits per heavy atom. The Labute approximate surface area is 107 Å². The summed E-state index contributed by atoms with van der Waals surface area (Å²) in [6, 6.07) is 7.57. The highest BCUT2D eigenvalue weighted by Crippen LogP contribution is 2.23. The van der Waals surface area contributed by atoms with Crippen LogP contribution in [-0.4, -0.2) is 10.2 Å². The van der Waals surface area contributed by atoms with Crippen LogP contribution in [0.15, 0.2) is 36.4 Å². The molecule has 2 N–H and O–H groups in total. The topological polar surface area (TPSA) is 40.5 Å². The van der Waals surface area contributed by atoms with Gasteiger partial charge in [-0.3, -0.25) is 0 Å². The third-order valence-corrected chi connectivity index (χ3v) is 2.76. The molecule has 1 unspecified atom stereocenters. The first-order valence-electron chi connectivity index (χ1n) is 5.58. The van der Waals surface area contributed by atoms with Crippen molar-refractivity contribution in [3.8, 4) is 5.75 Å². The molecule has 0 saturated carbocycles. The van der Waals surface area contributed by atoms with Crippen LogP contribution in [0.1, 0.15) is 17.2 Å². The molecule has 0 spiro atoms. The maximum atomic E-state index is 13.0. The first kappa shape index (κ1) is 13.4. The van der Waals surface area contributed by atoms with E-state index in [1.54, 1.807) is 12.1 Å².